The normalized spacial score (nSPS) is 20.3. The topological polar surface area (TPSA) is 48.7 Å². The number of benzene rings is 1. The van der Waals surface area contributed by atoms with E-state index in [0.29, 0.717) is 12.3 Å². The summed E-state index contributed by atoms with van der Waals surface area (Å²) < 4.78 is 5.88. The van der Waals surface area contributed by atoms with Crippen LogP contribution in [0.5, 0.6) is 0 Å². The Morgan fingerprint density at radius 1 is 1.10 bits per heavy atom. The summed E-state index contributed by atoms with van der Waals surface area (Å²) in [5.41, 5.74) is 1.82. The van der Waals surface area contributed by atoms with Crippen molar-refractivity contribution >= 4 is 29.3 Å². The average Bonchev–Trinajstić information content (AvgIpc) is 3.10. The minimum Gasteiger partial charge on any atom is -0.451 e. The molecular weight excluding hydrogens is 386 g/mol. The number of nitrogens with zero attached hydrogens (tertiary/aromatic N) is 2. The number of para-hydroxylation sites is 1. The second kappa shape index (κ2) is 9.50. The van der Waals surface area contributed by atoms with E-state index in [1.165, 1.54) is 32.1 Å². The van der Waals surface area contributed by atoms with Gasteiger partial charge in [0.1, 0.15) is 5.58 Å². The molecule has 4 rings (SSSR count). The largest absolute Gasteiger partial charge is 0.451 e. The molecule has 1 aliphatic carbocycles. The minimum absolute atomic E-state index is 0. The Hall–Kier alpha value is -1.56. The fourth-order valence-corrected chi connectivity index (χ4v) is 5.07. The van der Waals surface area contributed by atoms with Crippen molar-refractivity contribution in [1.29, 1.82) is 0 Å². The van der Waals surface area contributed by atoms with Crippen molar-refractivity contribution in [3.05, 3.63) is 35.6 Å². The molecule has 5 nitrogen and oxygen atoms in total. The molecule has 2 fully saturated rings. The molecule has 1 saturated carbocycles. The summed E-state index contributed by atoms with van der Waals surface area (Å²) in [6.07, 6.45) is 6.19. The molecule has 0 spiro atoms. The van der Waals surface area contributed by atoms with E-state index in [9.17, 15) is 4.79 Å². The second-order valence-electron chi connectivity index (χ2n) is 8.44. The van der Waals surface area contributed by atoms with Gasteiger partial charge in [0.2, 0.25) is 0 Å². The number of nitrogens with one attached hydrogen (secondary N) is 1. The van der Waals surface area contributed by atoms with Gasteiger partial charge in [-0.2, -0.15) is 0 Å². The number of likely N-dealkylation sites (N-methyl/N-ethyl adjacent to an activating group) is 1. The molecule has 2 aliphatic rings. The van der Waals surface area contributed by atoms with Crippen LogP contribution in [-0.4, -0.2) is 60.5 Å². The van der Waals surface area contributed by atoms with Gasteiger partial charge in [-0.3, -0.25) is 9.69 Å². The van der Waals surface area contributed by atoms with E-state index in [0.717, 1.165) is 49.3 Å². The zero-order chi connectivity index (χ0) is 19.6. The van der Waals surface area contributed by atoms with Crippen LogP contribution >= 0.6 is 12.4 Å². The summed E-state index contributed by atoms with van der Waals surface area (Å²) in [7, 11) is 0. The van der Waals surface area contributed by atoms with E-state index >= 15 is 0 Å². The second-order valence-corrected chi connectivity index (χ2v) is 8.44. The van der Waals surface area contributed by atoms with Gasteiger partial charge in [0.25, 0.3) is 5.91 Å². The highest BCUT2D eigenvalue weighted by molar-refractivity contribution is 5.98. The maximum Gasteiger partial charge on any atom is 0.287 e. The Morgan fingerprint density at radius 3 is 2.45 bits per heavy atom. The van der Waals surface area contributed by atoms with Crippen LogP contribution in [0.4, 0.5) is 0 Å². The van der Waals surface area contributed by atoms with Crippen LogP contribution in [0.3, 0.4) is 0 Å². The maximum atomic E-state index is 13.0. The molecule has 1 N–H and O–H groups in total. The monoisotopic (exact) mass is 419 g/mol. The molecule has 1 amide bonds. The molecule has 0 bridgehead atoms. The first kappa shape index (κ1) is 22.1. The lowest BCUT2D eigenvalue weighted by atomic mass is 9.79. The number of carbonyl (C=O) groups excluding carboxylic acids is 1. The Balaban J connectivity index is 0.00000240. The van der Waals surface area contributed by atoms with Crippen molar-refractivity contribution in [3.63, 3.8) is 0 Å². The van der Waals surface area contributed by atoms with Crippen molar-refractivity contribution in [2.24, 2.45) is 0 Å². The van der Waals surface area contributed by atoms with Gasteiger partial charge in [-0.25, -0.2) is 0 Å². The highest BCUT2D eigenvalue weighted by atomic mass is 35.5. The van der Waals surface area contributed by atoms with Gasteiger partial charge in [-0.05, 0) is 32.4 Å². The van der Waals surface area contributed by atoms with Crippen LogP contribution in [0.25, 0.3) is 11.0 Å². The third-order valence-electron chi connectivity index (χ3n) is 6.90. The number of piperazine rings is 1. The first-order chi connectivity index (χ1) is 13.6. The lowest BCUT2D eigenvalue weighted by molar-refractivity contribution is 0.00907. The molecule has 0 unspecified atom stereocenters. The number of amides is 1. The molecule has 29 heavy (non-hydrogen) atoms. The number of carbonyl (C=O) groups is 1. The molecule has 0 radical (unpaired) electrons. The Labute approximate surface area is 180 Å². The Morgan fingerprint density at radius 2 is 1.79 bits per heavy atom. The smallest absolute Gasteiger partial charge is 0.287 e. The highest BCUT2D eigenvalue weighted by Crippen LogP contribution is 2.34. The van der Waals surface area contributed by atoms with Crippen molar-refractivity contribution in [3.8, 4) is 0 Å². The molecule has 1 aromatic heterocycles. The molecule has 1 saturated heterocycles. The van der Waals surface area contributed by atoms with E-state index in [1.54, 1.807) is 0 Å². The summed E-state index contributed by atoms with van der Waals surface area (Å²) in [5, 5.41) is 4.27. The van der Waals surface area contributed by atoms with Gasteiger partial charge in [0.15, 0.2) is 5.76 Å². The predicted molar refractivity (Wildman–Crippen MR) is 120 cm³/mol. The minimum atomic E-state index is -0.0779. The van der Waals surface area contributed by atoms with Gasteiger partial charge in [0.05, 0.1) is 0 Å². The number of hydrogen-bond acceptors (Lipinski definition) is 4. The first-order valence-electron chi connectivity index (χ1n) is 10.9. The van der Waals surface area contributed by atoms with E-state index in [4.69, 9.17) is 4.42 Å². The predicted octanol–water partition coefficient (Wildman–Crippen LogP) is 4.23. The summed E-state index contributed by atoms with van der Waals surface area (Å²) in [6.45, 7) is 10.5. The van der Waals surface area contributed by atoms with E-state index in [2.05, 4.69) is 22.0 Å². The fraction of sp³-hybridized carbons (Fsp3) is 0.609. The van der Waals surface area contributed by atoms with Gasteiger partial charge < -0.3 is 14.6 Å². The van der Waals surface area contributed by atoms with Crippen LogP contribution in [-0.2, 0) is 0 Å². The summed E-state index contributed by atoms with van der Waals surface area (Å²) in [6, 6.07) is 7.87. The lowest BCUT2D eigenvalue weighted by Crippen LogP contribution is -2.61. The molecule has 2 heterocycles. The maximum absolute atomic E-state index is 13.0. The number of aryl methyl sites for hydroxylation is 1. The molecule has 1 aromatic carbocycles. The number of halogens is 1. The van der Waals surface area contributed by atoms with Crippen molar-refractivity contribution in [1.82, 2.24) is 15.1 Å². The van der Waals surface area contributed by atoms with Crippen molar-refractivity contribution in [2.75, 3.05) is 39.3 Å². The van der Waals surface area contributed by atoms with Crippen LogP contribution < -0.4 is 5.32 Å². The summed E-state index contributed by atoms with van der Waals surface area (Å²) >= 11 is 0. The zero-order valence-corrected chi connectivity index (χ0v) is 18.5. The highest BCUT2D eigenvalue weighted by Gasteiger charge is 2.39. The molecule has 6 heteroatoms. The summed E-state index contributed by atoms with van der Waals surface area (Å²) in [5.74, 6) is 0.383. The van der Waals surface area contributed by atoms with E-state index in [-0.39, 0.29) is 23.9 Å². The molecule has 0 atom stereocenters. The summed E-state index contributed by atoms with van der Waals surface area (Å²) in [4.78, 5) is 18.1. The molecular formula is C23H34ClN3O2. The fourth-order valence-electron chi connectivity index (χ4n) is 5.07. The van der Waals surface area contributed by atoms with Crippen LogP contribution in [0.2, 0.25) is 0 Å². The molecule has 2 aromatic rings. The van der Waals surface area contributed by atoms with Crippen LogP contribution in [0.1, 0.15) is 55.1 Å². The lowest BCUT2D eigenvalue weighted by Gasteiger charge is -2.50. The molecule has 160 valence electrons. The van der Waals surface area contributed by atoms with Gasteiger partial charge >= 0.3 is 0 Å². The van der Waals surface area contributed by atoms with Crippen LogP contribution in [0, 0.1) is 6.92 Å². The number of rotatable bonds is 5. The SMILES string of the molecule is CCN1CCN(C2(CNC(=O)c3oc4ccccc4c3C)CCCCC2)CC1.Cl. The van der Waals surface area contributed by atoms with Gasteiger partial charge in [0, 0.05) is 49.2 Å². The third-order valence-corrected chi connectivity index (χ3v) is 6.90. The van der Waals surface area contributed by atoms with Crippen LogP contribution in [0.15, 0.2) is 28.7 Å². The Kier molecular flexibility index (Phi) is 7.25. The zero-order valence-electron chi connectivity index (χ0n) is 17.7. The number of hydrogen-bond donors (Lipinski definition) is 1. The quantitative estimate of drug-likeness (QED) is 0.787. The van der Waals surface area contributed by atoms with Gasteiger partial charge in [-0.15, -0.1) is 12.4 Å². The number of furan rings is 1. The van der Waals surface area contributed by atoms with E-state index < -0.39 is 0 Å². The Bertz CT molecular complexity index is 821. The van der Waals surface area contributed by atoms with Gasteiger partial charge in [-0.1, -0.05) is 44.4 Å². The molecule has 1 aliphatic heterocycles. The first-order valence-corrected chi connectivity index (χ1v) is 10.9. The van der Waals surface area contributed by atoms with Crippen molar-refractivity contribution in [2.45, 2.75) is 51.5 Å². The standard InChI is InChI=1S/C23H33N3O2.ClH/c1-3-25-13-15-26(16-14-25)23(11-7-4-8-12-23)17-24-22(27)21-18(2)19-9-5-6-10-20(19)28-21;/h5-6,9-10H,3-4,7-8,11-17H2,1-2H3,(H,24,27);1H. The van der Waals surface area contributed by atoms with E-state index in [1.807, 2.05) is 31.2 Å². The number of fused-ring (bicyclic) bond motifs is 1. The van der Waals surface area contributed by atoms with Crippen molar-refractivity contribution < 1.29 is 9.21 Å². The average molecular weight is 420 g/mol. The third kappa shape index (κ3) is 4.47.